The summed E-state index contributed by atoms with van der Waals surface area (Å²) in [4.78, 5) is 0.828. The Labute approximate surface area is 127 Å². The summed E-state index contributed by atoms with van der Waals surface area (Å²) >= 11 is 1.47. The molecule has 0 saturated heterocycles. The molecule has 2 aliphatic rings. The minimum absolute atomic E-state index is 0.339. The van der Waals surface area contributed by atoms with Crippen LogP contribution in [-0.4, -0.2) is 42.8 Å². The lowest BCUT2D eigenvalue weighted by molar-refractivity contribution is -0.568. The van der Waals surface area contributed by atoms with Crippen LogP contribution in [0.4, 0.5) is 0 Å². The molecule has 2 heterocycles. The topological polar surface area (TPSA) is 82.1 Å². The molecule has 1 aromatic rings. The van der Waals surface area contributed by atoms with Crippen LogP contribution in [0.3, 0.4) is 0 Å². The fourth-order valence-electron chi connectivity index (χ4n) is 3.48. The first-order valence-corrected chi connectivity index (χ1v) is 7.93. The van der Waals surface area contributed by atoms with Gasteiger partial charge in [-0.2, -0.15) is 4.74 Å². The van der Waals surface area contributed by atoms with Crippen LogP contribution in [0.15, 0.2) is 22.7 Å². The van der Waals surface area contributed by atoms with Gasteiger partial charge >= 0.3 is 0 Å². The van der Waals surface area contributed by atoms with Gasteiger partial charge < -0.3 is 15.6 Å². The molecule has 1 atom stereocenters. The Balaban J connectivity index is 2.23. The summed E-state index contributed by atoms with van der Waals surface area (Å²) in [6.45, 7) is 3.62. The van der Waals surface area contributed by atoms with Gasteiger partial charge in [0.25, 0.3) is 5.66 Å². The number of nitrogens with zero attached hydrogens (tertiary/aromatic N) is 3. The predicted molar refractivity (Wildman–Crippen MR) is 80.2 cm³/mol. The zero-order valence-corrected chi connectivity index (χ0v) is 12.9. The van der Waals surface area contributed by atoms with E-state index in [1.807, 2.05) is 31.4 Å². The monoisotopic (exact) mass is 309 g/mol. The van der Waals surface area contributed by atoms with Gasteiger partial charge in [-0.25, -0.2) is 0 Å². The van der Waals surface area contributed by atoms with Gasteiger partial charge in [0, 0.05) is 6.42 Å². The highest BCUT2D eigenvalue weighted by Crippen LogP contribution is 2.42. The third-order valence-corrected chi connectivity index (χ3v) is 5.40. The molecule has 1 saturated carbocycles. The number of hydroxylamine groups is 3. The largest absolute Gasteiger partial charge is 0.622 e. The highest BCUT2D eigenvalue weighted by atomic mass is 32.1. The van der Waals surface area contributed by atoms with E-state index in [0.717, 1.165) is 27.5 Å². The maximum absolute atomic E-state index is 13.1. The lowest BCUT2D eigenvalue weighted by Gasteiger charge is -2.38. The van der Waals surface area contributed by atoms with Gasteiger partial charge in [0.05, 0.1) is 4.88 Å². The van der Waals surface area contributed by atoms with Gasteiger partial charge in [0.1, 0.15) is 11.3 Å². The van der Waals surface area contributed by atoms with Crippen molar-refractivity contribution >= 4 is 22.8 Å². The van der Waals surface area contributed by atoms with Crippen LogP contribution < -0.4 is 0 Å². The molecular weight excluding hydrogens is 290 g/mol. The van der Waals surface area contributed by atoms with E-state index < -0.39 is 11.2 Å². The highest BCUT2D eigenvalue weighted by molar-refractivity contribution is 7.12. The fourth-order valence-corrected chi connectivity index (χ4v) is 4.39. The van der Waals surface area contributed by atoms with Crippen molar-refractivity contribution in [3.63, 3.8) is 0 Å². The molecule has 1 aliphatic carbocycles. The number of thiophene rings is 1. The summed E-state index contributed by atoms with van der Waals surface area (Å²) in [5.74, 6) is 0. The number of oxime groups is 1. The van der Waals surface area contributed by atoms with Crippen LogP contribution in [0.1, 0.15) is 44.4 Å². The Hall–Kier alpha value is -1.44. The fraction of sp³-hybridized carbons (Fsp3) is 0.571. The second-order valence-corrected chi connectivity index (χ2v) is 7.01. The zero-order chi connectivity index (χ0) is 15.3. The normalized spacial score (nSPS) is 31.5. The number of hydrogen-bond acceptors (Lipinski definition) is 6. The zero-order valence-electron chi connectivity index (χ0n) is 12.1. The average molecular weight is 309 g/mol. The van der Waals surface area contributed by atoms with Crippen LogP contribution in [0.2, 0.25) is 0 Å². The van der Waals surface area contributed by atoms with Crippen LogP contribution in [0.5, 0.6) is 0 Å². The summed E-state index contributed by atoms with van der Waals surface area (Å²) in [5.41, 5.74) is -1.27. The Morgan fingerprint density at radius 1 is 1.43 bits per heavy atom. The van der Waals surface area contributed by atoms with Crippen molar-refractivity contribution in [1.29, 1.82) is 0 Å². The minimum atomic E-state index is -1.28. The first kappa shape index (κ1) is 14.5. The van der Waals surface area contributed by atoms with E-state index in [9.17, 15) is 15.6 Å². The summed E-state index contributed by atoms with van der Waals surface area (Å²) in [6, 6.07) is 3.75. The van der Waals surface area contributed by atoms with Gasteiger partial charge in [-0.15, -0.1) is 16.4 Å². The van der Waals surface area contributed by atoms with E-state index in [2.05, 4.69) is 5.16 Å². The molecule has 3 rings (SSSR count). The van der Waals surface area contributed by atoms with Crippen LogP contribution in [0, 0.1) is 5.21 Å². The Morgan fingerprint density at radius 2 is 2.19 bits per heavy atom. The molecule has 0 radical (unpaired) electrons. The predicted octanol–water partition coefficient (Wildman–Crippen LogP) is 2.63. The Morgan fingerprint density at radius 3 is 2.81 bits per heavy atom. The molecule has 0 amide bonds. The highest BCUT2D eigenvalue weighted by Gasteiger charge is 2.65. The van der Waals surface area contributed by atoms with Gasteiger partial charge in [-0.1, -0.05) is 11.2 Å². The standard InChI is InChI=1S/C14H19N3O3S/c1-13(2)12(10-6-5-9-21-10)16(19)14(17(13)20)8-4-3-7-11(14)15-18/h5-6,9,18,20H,3-4,7-8H2,1-2H3/b15-11-. The lowest BCUT2D eigenvalue weighted by atomic mass is 9.86. The summed E-state index contributed by atoms with van der Waals surface area (Å²) in [7, 11) is 0. The minimum Gasteiger partial charge on any atom is -0.622 e. The first-order chi connectivity index (χ1) is 9.96. The molecule has 7 heteroatoms. The molecule has 1 aromatic heterocycles. The summed E-state index contributed by atoms with van der Waals surface area (Å²) in [6.07, 6.45) is 2.63. The SMILES string of the molecule is CC1(C)C(c2cccs2)=[N+]([O-])C2(CCCC/C2=N/O)N1O. The van der Waals surface area contributed by atoms with E-state index >= 15 is 0 Å². The molecular formula is C14H19N3O3S. The second kappa shape index (κ2) is 4.79. The van der Waals surface area contributed by atoms with Crippen LogP contribution in [-0.2, 0) is 0 Å². The molecule has 21 heavy (non-hydrogen) atoms. The maximum atomic E-state index is 13.1. The second-order valence-electron chi connectivity index (χ2n) is 6.06. The number of hydrogen-bond donors (Lipinski definition) is 2. The molecule has 1 fully saturated rings. The van der Waals surface area contributed by atoms with Crippen LogP contribution >= 0.6 is 11.3 Å². The summed E-state index contributed by atoms with van der Waals surface area (Å²) < 4.78 is 0.854. The number of rotatable bonds is 1. The Kier molecular flexibility index (Phi) is 3.31. The van der Waals surface area contributed by atoms with Crippen molar-refractivity contribution in [2.75, 3.05) is 0 Å². The van der Waals surface area contributed by atoms with Crippen molar-refractivity contribution in [1.82, 2.24) is 5.06 Å². The molecule has 1 aliphatic heterocycles. The van der Waals surface area contributed by atoms with Crippen molar-refractivity contribution in [3.05, 3.63) is 27.6 Å². The molecule has 114 valence electrons. The lowest BCUT2D eigenvalue weighted by Crippen LogP contribution is -2.60. The molecule has 1 spiro atoms. The van der Waals surface area contributed by atoms with Gasteiger partial charge in [-0.05, 0) is 44.6 Å². The van der Waals surface area contributed by atoms with Crippen molar-refractivity contribution in [2.45, 2.75) is 50.7 Å². The van der Waals surface area contributed by atoms with Gasteiger partial charge in [0.15, 0.2) is 0 Å². The summed E-state index contributed by atoms with van der Waals surface area (Å²) in [5, 5.41) is 39.5. The molecule has 0 bridgehead atoms. The molecule has 0 aromatic carbocycles. The third kappa shape index (κ3) is 1.77. The van der Waals surface area contributed by atoms with Crippen molar-refractivity contribution in [2.24, 2.45) is 5.16 Å². The Bertz CT molecular complexity index is 609. The molecule has 2 N–H and O–H groups in total. The molecule has 1 unspecified atom stereocenters. The van der Waals surface area contributed by atoms with Gasteiger partial charge in [0.2, 0.25) is 5.71 Å². The van der Waals surface area contributed by atoms with Gasteiger partial charge in [-0.3, -0.25) is 0 Å². The van der Waals surface area contributed by atoms with Crippen LogP contribution in [0.25, 0.3) is 0 Å². The van der Waals surface area contributed by atoms with E-state index in [-0.39, 0.29) is 0 Å². The first-order valence-electron chi connectivity index (χ1n) is 7.05. The van der Waals surface area contributed by atoms with E-state index in [0.29, 0.717) is 24.3 Å². The van der Waals surface area contributed by atoms with E-state index in [1.165, 1.54) is 11.3 Å². The van der Waals surface area contributed by atoms with E-state index in [1.54, 1.807) is 0 Å². The maximum Gasteiger partial charge on any atom is 0.293 e. The van der Waals surface area contributed by atoms with Crippen molar-refractivity contribution < 1.29 is 15.2 Å². The third-order valence-electron chi connectivity index (χ3n) is 4.52. The molecule has 6 nitrogen and oxygen atoms in total. The quantitative estimate of drug-likeness (QED) is 0.361. The average Bonchev–Trinajstić information content (AvgIpc) is 3.03. The van der Waals surface area contributed by atoms with E-state index in [4.69, 9.17) is 0 Å². The smallest absolute Gasteiger partial charge is 0.293 e. The van der Waals surface area contributed by atoms with Crippen molar-refractivity contribution in [3.8, 4) is 0 Å².